The molecule has 90 valence electrons. The van der Waals surface area contributed by atoms with Crippen LogP contribution in [0.3, 0.4) is 0 Å². The molecule has 1 aromatic carbocycles. The fourth-order valence-corrected chi connectivity index (χ4v) is 1.32. The number of ether oxygens (including phenoxy) is 1. The molecule has 0 aliphatic carbocycles. The van der Waals surface area contributed by atoms with E-state index < -0.39 is 0 Å². The molecule has 0 heterocycles. The van der Waals surface area contributed by atoms with Gasteiger partial charge in [-0.3, -0.25) is 0 Å². The van der Waals surface area contributed by atoms with Gasteiger partial charge in [-0.25, -0.2) is 4.39 Å². The van der Waals surface area contributed by atoms with Crippen LogP contribution in [0.4, 0.5) is 4.39 Å². The Labute approximate surface area is 95.2 Å². The number of benzene rings is 1. The normalized spacial score (nSPS) is 12.5. The highest BCUT2D eigenvalue weighted by molar-refractivity contribution is 5.34. The molecule has 2 N–H and O–H groups in total. The molecule has 0 aliphatic heterocycles. The molecule has 16 heavy (non-hydrogen) atoms. The maximum atomic E-state index is 13.5. The summed E-state index contributed by atoms with van der Waals surface area (Å²) < 4.78 is 18.9. The average molecular weight is 227 g/mol. The minimum Gasteiger partial charge on any atom is -0.490 e. The van der Waals surface area contributed by atoms with Gasteiger partial charge in [0.05, 0.1) is 6.61 Å². The Morgan fingerprint density at radius 2 is 2.25 bits per heavy atom. The van der Waals surface area contributed by atoms with Crippen molar-refractivity contribution >= 4 is 0 Å². The number of para-hydroxylation sites is 1. The summed E-state index contributed by atoms with van der Waals surface area (Å²) in [5, 5.41) is 11.8. The lowest BCUT2D eigenvalue weighted by Gasteiger charge is -2.14. The van der Waals surface area contributed by atoms with Gasteiger partial charge in [0.25, 0.3) is 0 Å². The van der Waals surface area contributed by atoms with Crippen LogP contribution in [0.5, 0.6) is 5.75 Å². The minimum atomic E-state index is -0.363. The Morgan fingerprint density at radius 3 is 2.88 bits per heavy atom. The first-order valence-electron chi connectivity index (χ1n) is 5.34. The molecule has 0 aromatic heterocycles. The van der Waals surface area contributed by atoms with Crippen LogP contribution in [-0.2, 0) is 6.54 Å². The van der Waals surface area contributed by atoms with Gasteiger partial charge >= 0.3 is 0 Å². The second-order valence-electron chi connectivity index (χ2n) is 3.86. The van der Waals surface area contributed by atoms with Gasteiger partial charge in [0.15, 0.2) is 11.6 Å². The number of hydrogen-bond donors (Lipinski definition) is 2. The van der Waals surface area contributed by atoms with E-state index in [1.54, 1.807) is 13.1 Å². The summed E-state index contributed by atoms with van der Waals surface area (Å²) in [6.45, 7) is 2.75. The van der Waals surface area contributed by atoms with E-state index in [-0.39, 0.29) is 24.1 Å². The van der Waals surface area contributed by atoms with E-state index in [1.807, 2.05) is 13.0 Å². The van der Waals surface area contributed by atoms with Crippen molar-refractivity contribution in [2.24, 2.45) is 5.92 Å². The quantitative estimate of drug-likeness (QED) is 0.774. The molecular formula is C12H18FNO2. The number of nitrogens with one attached hydrogen (secondary N) is 1. The van der Waals surface area contributed by atoms with Crippen LogP contribution in [-0.4, -0.2) is 25.4 Å². The highest BCUT2D eigenvalue weighted by Crippen LogP contribution is 2.23. The second kappa shape index (κ2) is 6.45. The summed E-state index contributed by atoms with van der Waals surface area (Å²) in [6, 6.07) is 4.85. The largest absolute Gasteiger partial charge is 0.490 e. The van der Waals surface area contributed by atoms with Crippen molar-refractivity contribution in [3.05, 3.63) is 29.6 Å². The monoisotopic (exact) mass is 227 g/mol. The van der Waals surface area contributed by atoms with E-state index in [1.165, 1.54) is 6.07 Å². The molecule has 0 spiro atoms. The lowest BCUT2D eigenvalue weighted by atomic mass is 10.2. The maximum absolute atomic E-state index is 13.5. The van der Waals surface area contributed by atoms with Gasteiger partial charge in [0, 0.05) is 24.6 Å². The van der Waals surface area contributed by atoms with Gasteiger partial charge in [-0.15, -0.1) is 0 Å². The number of hydrogen-bond acceptors (Lipinski definition) is 3. The van der Waals surface area contributed by atoms with E-state index >= 15 is 0 Å². The second-order valence-corrected chi connectivity index (χ2v) is 3.86. The zero-order valence-electron chi connectivity index (χ0n) is 9.66. The van der Waals surface area contributed by atoms with Crippen LogP contribution < -0.4 is 10.1 Å². The average Bonchev–Trinajstić information content (AvgIpc) is 2.28. The fourth-order valence-electron chi connectivity index (χ4n) is 1.32. The van der Waals surface area contributed by atoms with Gasteiger partial charge in [-0.2, -0.15) is 0 Å². The summed E-state index contributed by atoms with van der Waals surface area (Å²) in [5.41, 5.74) is 0.785. The third kappa shape index (κ3) is 3.47. The predicted molar refractivity (Wildman–Crippen MR) is 60.9 cm³/mol. The first kappa shape index (κ1) is 12.9. The van der Waals surface area contributed by atoms with E-state index in [0.29, 0.717) is 13.2 Å². The van der Waals surface area contributed by atoms with Crippen molar-refractivity contribution in [2.75, 3.05) is 20.3 Å². The van der Waals surface area contributed by atoms with Crippen LogP contribution in [0.15, 0.2) is 18.2 Å². The first-order valence-corrected chi connectivity index (χ1v) is 5.34. The predicted octanol–water partition coefficient (Wildman–Crippen LogP) is 1.55. The van der Waals surface area contributed by atoms with Gasteiger partial charge < -0.3 is 15.2 Å². The molecule has 1 rings (SSSR count). The van der Waals surface area contributed by atoms with Gasteiger partial charge in [-0.05, 0) is 13.1 Å². The van der Waals surface area contributed by atoms with Crippen LogP contribution in [0.2, 0.25) is 0 Å². The van der Waals surface area contributed by atoms with Crippen molar-refractivity contribution < 1.29 is 14.2 Å². The molecular weight excluding hydrogens is 209 g/mol. The Bertz CT molecular complexity index is 331. The van der Waals surface area contributed by atoms with Gasteiger partial charge in [0.1, 0.15) is 0 Å². The van der Waals surface area contributed by atoms with E-state index in [4.69, 9.17) is 9.84 Å². The summed E-state index contributed by atoms with van der Waals surface area (Å²) in [4.78, 5) is 0. The zero-order valence-corrected chi connectivity index (χ0v) is 9.66. The number of rotatable bonds is 6. The van der Waals surface area contributed by atoms with Crippen molar-refractivity contribution in [1.29, 1.82) is 0 Å². The topological polar surface area (TPSA) is 41.5 Å². The Kier molecular flexibility index (Phi) is 5.22. The zero-order chi connectivity index (χ0) is 12.0. The first-order chi connectivity index (χ1) is 7.69. The van der Waals surface area contributed by atoms with E-state index in [0.717, 1.165) is 5.56 Å². The van der Waals surface area contributed by atoms with Crippen LogP contribution >= 0.6 is 0 Å². The fraction of sp³-hybridized carbons (Fsp3) is 0.500. The molecule has 0 amide bonds. The molecule has 0 saturated carbocycles. The van der Waals surface area contributed by atoms with E-state index in [9.17, 15) is 4.39 Å². The van der Waals surface area contributed by atoms with Crippen LogP contribution in [0.25, 0.3) is 0 Å². The van der Waals surface area contributed by atoms with Gasteiger partial charge in [-0.1, -0.05) is 19.1 Å². The molecule has 1 unspecified atom stereocenters. The summed E-state index contributed by atoms with van der Waals surface area (Å²) in [5.74, 6) is -0.0860. The molecule has 3 nitrogen and oxygen atoms in total. The molecule has 4 heteroatoms. The van der Waals surface area contributed by atoms with Crippen molar-refractivity contribution in [3.8, 4) is 5.75 Å². The minimum absolute atomic E-state index is 0.00189. The SMILES string of the molecule is CNCc1cccc(F)c1OCC(C)CO. The molecule has 0 bridgehead atoms. The Hall–Kier alpha value is -1.13. The smallest absolute Gasteiger partial charge is 0.165 e. The summed E-state index contributed by atoms with van der Waals surface area (Å²) >= 11 is 0. The molecule has 0 radical (unpaired) electrons. The van der Waals surface area contributed by atoms with E-state index in [2.05, 4.69) is 5.32 Å². The molecule has 1 atom stereocenters. The lowest BCUT2D eigenvalue weighted by Crippen LogP contribution is -2.15. The van der Waals surface area contributed by atoms with Crippen LogP contribution in [0, 0.1) is 11.7 Å². The molecule has 0 fully saturated rings. The highest BCUT2D eigenvalue weighted by Gasteiger charge is 2.10. The third-order valence-electron chi connectivity index (χ3n) is 2.24. The van der Waals surface area contributed by atoms with Crippen molar-refractivity contribution in [3.63, 3.8) is 0 Å². The summed E-state index contributed by atoms with van der Waals surface area (Å²) in [6.07, 6.45) is 0. The Balaban J connectivity index is 2.75. The summed E-state index contributed by atoms with van der Waals surface area (Å²) in [7, 11) is 1.80. The maximum Gasteiger partial charge on any atom is 0.165 e. The van der Waals surface area contributed by atoms with Gasteiger partial charge in [0.2, 0.25) is 0 Å². The number of aliphatic hydroxyl groups excluding tert-OH is 1. The highest BCUT2D eigenvalue weighted by atomic mass is 19.1. The lowest BCUT2D eigenvalue weighted by molar-refractivity contribution is 0.170. The molecule has 0 aliphatic rings. The number of halogens is 1. The molecule has 0 saturated heterocycles. The van der Waals surface area contributed by atoms with Crippen molar-refractivity contribution in [2.45, 2.75) is 13.5 Å². The molecule has 1 aromatic rings. The number of aliphatic hydroxyl groups is 1. The van der Waals surface area contributed by atoms with Crippen molar-refractivity contribution in [1.82, 2.24) is 5.32 Å². The standard InChI is InChI=1S/C12H18FNO2/c1-9(7-15)8-16-12-10(6-14-2)4-3-5-11(12)13/h3-5,9,14-15H,6-8H2,1-2H3. The Morgan fingerprint density at radius 1 is 1.50 bits per heavy atom. The third-order valence-corrected chi connectivity index (χ3v) is 2.24. The van der Waals surface area contributed by atoms with Crippen LogP contribution in [0.1, 0.15) is 12.5 Å².